The Hall–Kier alpha value is -3.25. The molecular formula is C23H26O11. The molecule has 2 aromatic rings. The second-order valence-corrected chi connectivity index (χ2v) is 8.07. The lowest BCUT2D eigenvalue weighted by molar-refractivity contribution is -0.271. The Labute approximate surface area is 194 Å². The van der Waals surface area contributed by atoms with Crippen LogP contribution in [0.2, 0.25) is 0 Å². The number of methoxy groups -OCH3 is 2. The maximum atomic E-state index is 11.3. The lowest BCUT2D eigenvalue weighted by atomic mass is 9.89. The van der Waals surface area contributed by atoms with Gasteiger partial charge in [-0.25, -0.2) is 4.79 Å². The van der Waals surface area contributed by atoms with Crippen molar-refractivity contribution in [1.82, 2.24) is 0 Å². The topological polar surface area (TPSA) is 164 Å². The molecule has 11 heteroatoms. The first-order valence-electron chi connectivity index (χ1n) is 10.5. The molecular weight excluding hydrogens is 452 g/mol. The second kappa shape index (κ2) is 9.55. The summed E-state index contributed by atoms with van der Waals surface area (Å²) in [6.07, 6.45) is -7.95. The maximum absolute atomic E-state index is 11.3. The van der Waals surface area contributed by atoms with E-state index in [-0.39, 0.29) is 29.8 Å². The Morgan fingerprint density at radius 2 is 1.79 bits per heavy atom. The highest BCUT2D eigenvalue weighted by Gasteiger charge is 2.48. The third-order valence-electron chi connectivity index (χ3n) is 6.00. The minimum Gasteiger partial charge on any atom is -0.504 e. The van der Waals surface area contributed by atoms with Crippen molar-refractivity contribution in [3.8, 4) is 28.7 Å². The number of aromatic hydroxyl groups is 1. The molecule has 0 saturated carbocycles. The highest BCUT2D eigenvalue weighted by molar-refractivity contribution is 5.73. The van der Waals surface area contributed by atoms with Crippen LogP contribution in [0.15, 0.2) is 30.3 Å². The number of phenolic OH excluding ortho intramolecular Hbond substituents is 1. The molecule has 6 atom stereocenters. The molecule has 0 bridgehead atoms. The van der Waals surface area contributed by atoms with Crippen molar-refractivity contribution in [2.45, 2.75) is 43.0 Å². The summed E-state index contributed by atoms with van der Waals surface area (Å²) in [6.45, 7) is 0.258. The van der Waals surface area contributed by atoms with Crippen molar-refractivity contribution in [1.29, 1.82) is 0 Å². The number of hydrogen-bond acceptors (Lipinski definition) is 10. The van der Waals surface area contributed by atoms with E-state index in [0.29, 0.717) is 23.5 Å². The Balaban J connectivity index is 1.50. The van der Waals surface area contributed by atoms with E-state index < -0.39 is 36.7 Å². The molecule has 184 valence electrons. The summed E-state index contributed by atoms with van der Waals surface area (Å²) < 4.78 is 27.1. The lowest BCUT2D eigenvalue weighted by Crippen LogP contribution is -2.61. The van der Waals surface area contributed by atoms with Gasteiger partial charge in [0.1, 0.15) is 29.8 Å². The highest BCUT2D eigenvalue weighted by Crippen LogP contribution is 2.44. The Morgan fingerprint density at radius 3 is 2.47 bits per heavy atom. The number of aliphatic carboxylic acids is 1. The van der Waals surface area contributed by atoms with E-state index in [0.717, 1.165) is 5.56 Å². The van der Waals surface area contributed by atoms with E-state index >= 15 is 0 Å². The van der Waals surface area contributed by atoms with Crippen LogP contribution in [-0.2, 0) is 16.0 Å². The summed E-state index contributed by atoms with van der Waals surface area (Å²) in [5.74, 6) is -0.292. The fraction of sp³-hybridized carbons (Fsp3) is 0.435. The van der Waals surface area contributed by atoms with Crippen LogP contribution >= 0.6 is 0 Å². The van der Waals surface area contributed by atoms with Crippen LogP contribution < -0.4 is 18.9 Å². The minimum atomic E-state index is -1.80. The number of phenols is 1. The van der Waals surface area contributed by atoms with Gasteiger partial charge in [-0.2, -0.15) is 0 Å². The number of hydrogen-bond donors (Lipinski definition) is 5. The first-order valence-corrected chi connectivity index (χ1v) is 10.5. The van der Waals surface area contributed by atoms with Gasteiger partial charge in [0.15, 0.2) is 17.6 Å². The van der Waals surface area contributed by atoms with Gasteiger partial charge >= 0.3 is 5.97 Å². The van der Waals surface area contributed by atoms with Crippen LogP contribution in [-0.4, -0.2) is 83.0 Å². The average Bonchev–Trinajstić information content (AvgIpc) is 2.83. The van der Waals surface area contributed by atoms with Crippen molar-refractivity contribution in [2.75, 3.05) is 20.8 Å². The number of benzene rings is 2. The molecule has 2 aromatic carbocycles. The number of aliphatic hydroxyl groups is 3. The van der Waals surface area contributed by atoms with Gasteiger partial charge in [0, 0.05) is 17.5 Å². The molecule has 2 aliphatic rings. The third-order valence-corrected chi connectivity index (χ3v) is 6.00. The Kier molecular flexibility index (Phi) is 6.71. The van der Waals surface area contributed by atoms with Gasteiger partial charge in [-0.15, -0.1) is 0 Å². The quantitative estimate of drug-likeness (QED) is 0.390. The van der Waals surface area contributed by atoms with Crippen LogP contribution in [0.1, 0.15) is 17.0 Å². The van der Waals surface area contributed by atoms with Crippen molar-refractivity contribution >= 4 is 5.97 Å². The van der Waals surface area contributed by atoms with Gasteiger partial charge in [0.05, 0.1) is 20.8 Å². The fourth-order valence-corrected chi connectivity index (χ4v) is 4.16. The SMILES string of the molecule is COc1ccc(C2COc3cc(OC4OC(C(=O)O)C(O)C(O)C4O)ccc3C2)c(O)c1OC. The van der Waals surface area contributed by atoms with Gasteiger partial charge < -0.3 is 49.2 Å². The molecule has 11 nitrogen and oxygen atoms in total. The summed E-state index contributed by atoms with van der Waals surface area (Å²) in [6, 6.07) is 8.36. The van der Waals surface area contributed by atoms with Crippen molar-refractivity contribution < 1.29 is 54.0 Å². The van der Waals surface area contributed by atoms with Crippen molar-refractivity contribution in [2.24, 2.45) is 0 Å². The standard InChI is InChI=1S/C23H26O11/c1-30-14-6-5-13(16(24)20(14)31-2)11-7-10-3-4-12(8-15(10)32-9-11)33-23-19(27)17(25)18(26)21(34-23)22(28)29/h3-6,8,11,17-19,21,23-27H,7,9H2,1-2H3,(H,28,29). The summed E-state index contributed by atoms with van der Waals surface area (Å²) >= 11 is 0. The van der Waals surface area contributed by atoms with Crippen LogP contribution in [0.4, 0.5) is 0 Å². The average molecular weight is 478 g/mol. The van der Waals surface area contributed by atoms with Crippen LogP contribution in [0, 0.1) is 0 Å². The smallest absolute Gasteiger partial charge is 0.335 e. The number of ether oxygens (including phenoxy) is 5. The lowest BCUT2D eigenvalue weighted by Gasteiger charge is -2.38. The largest absolute Gasteiger partial charge is 0.504 e. The normalized spacial score (nSPS) is 28.4. The highest BCUT2D eigenvalue weighted by atomic mass is 16.7. The summed E-state index contributed by atoms with van der Waals surface area (Å²) in [7, 11) is 2.93. The predicted octanol–water partition coefficient (Wildman–Crippen LogP) is 0.399. The molecule has 2 aliphatic heterocycles. The van der Waals surface area contributed by atoms with Crippen molar-refractivity contribution in [3.63, 3.8) is 0 Å². The first kappa shape index (κ1) is 23.9. The number of aliphatic hydroxyl groups excluding tert-OH is 3. The van der Waals surface area contributed by atoms with Crippen molar-refractivity contribution in [3.05, 3.63) is 41.5 Å². The molecule has 4 rings (SSSR count). The molecule has 2 heterocycles. The zero-order valence-electron chi connectivity index (χ0n) is 18.5. The molecule has 0 aromatic heterocycles. The molecule has 0 aliphatic carbocycles. The molecule has 0 spiro atoms. The van der Waals surface area contributed by atoms with Gasteiger partial charge in [-0.1, -0.05) is 12.1 Å². The summed E-state index contributed by atoms with van der Waals surface area (Å²) in [5.41, 5.74) is 1.48. The van der Waals surface area contributed by atoms with E-state index in [2.05, 4.69) is 0 Å². The number of rotatable bonds is 6. The predicted molar refractivity (Wildman–Crippen MR) is 115 cm³/mol. The molecule has 1 fully saturated rings. The van der Waals surface area contributed by atoms with Crippen LogP contribution in [0.25, 0.3) is 0 Å². The minimum absolute atomic E-state index is 0.0176. The zero-order valence-corrected chi connectivity index (χ0v) is 18.5. The molecule has 6 unspecified atom stereocenters. The van der Waals surface area contributed by atoms with E-state index in [4.69, 9.17) is 28.8 Å². The molecule has 0 amide bonds. The monoisotopic (exact) mass is 478 g/mol. The van der Waals surface area contributed by atoms with Gasteiger partial charge in [-0.05, 0) is 24.1 Å². The van der Waals surface area contributed by atoms with Crippen LogP contribution in [0.3, 0.4) is 0 Å². The van der Waals surface area contributed by atoms with Gasteiger partial charge in [-0.3, -0.25) is 0 Å². The van der Waals surface area contributed by atoms with E-state index in [9.17, 15) is 25.2 Å². The summed E-state index contributed by atoms with van der Waals surface area (Å²) in [5, 5.41) is 49.7. The number of carboxylic acids is 1. The Bertz CT molecular complexity index is 1060. The maximum Gasteiger partial charge on any atom is 0.335 e. The van der Waals surface area contributed by atoms with E-state index in [1.54, 1.807) is 30.3 Å². The zero-order chi connectivity index (χ0) is 24.6. The molecule has 5 N–H and O–H groups in total. The van der Waals surface area contributed by atoms with Gasteiger partial charge in [0.25, 0.3) is 0 Å². The Morgan fingerprint density at radius 1 is 1.03 bits per heavy atom. The van der Waals surface area contributed by atoms with Crippen LogP contribution in [0.5, 0.6) is 28.7 Å². The number of fused-ring (bicyclic) bond motifs is 1. The molecule has 34 heavy (non-hydrogen) atoms. The number of carbonyl (C=O) groups is 1. The van der Waals surface area contributed by atoms with E-state index in [1.165, 1.54) is 14.2 Å². The summed E-state index contributed by atoms with van der Waals surface area (Å²) in [4.78, 5) is 11.3. The first-order chi connectivity index (χ1) is 16.2. The van der Waals surface area contributed by atoms with E-state index in [1.807, 2.05) is 0 Å². The third kappa shape index (κ3) is 4.30. The number of carboxylic acid groups (broad SMARTS) is 1. The second-order valence-electron chi connectivity index (χ2n) is 8.07. The van der Waals surface area contributed by atoms with Gasteiger partial charge in [0.2, 0.25) is 12.0 Å². The fourth-order valence-electron chi connectivity index (χ4n) is 4.16. The molecule has 1 saturated heterocycles. The molecule has 0 radical (unpaired) electrons.